The van der Waals surface area contributed by atoms with Crippen molar-refractivity contribution in [3.05, 3.63) is 0 Å². The minimum atomic E-state index is -0.801. The molecule has 5 nitrogen and oxygen atoms in total. The average molecular weight is 293 g/mol. The highest BCUT2D eigenvalue weighted by Gasteiger charge is 2.49. The summed E-state index contributed by atoms with van der Waals surface area (Å²) in [7, 11) is 0. The predicted molar refractivity (Wildman–Crippen MR) is 75.4 cm³/mol. The van der Waals surface area contributed by atoms with Gasteiger partial charge in [0.1, 0.15) is 5.60 Å². The average Bonchev–Trinajstić information content (AvgIpc) is 2.50. The van der Waals surface area contributed by atoms with Gasteiger partial charge in [0.15, 0.2) is 0 Å². The summed E-state index contributed by atoms with van der Waals surface area (Å²) in [4.78, 5) is 14.0. The molecule has 2 saturated heterocycles. The van der Waals surface area contributed by atoms with Gasteiger partial charge in [0.05, 0.1) is 5.60 Å². The number of carbonyl (C=O) groups excluding carboxylic acids is 1. The minimum absolute atomic E-state index is 0. The molecule has 2 aliphatic rings. The van der Waals surface area contributed by atoms with Crippen LogP contribution >= 0.6 is 12.4 Å². The zero-order valence-electron chi connectivity index (χ0n) is 11.9. The third-order valence-electron chi connectivity index (χ3n) is 3.84. The van der Waals surface area contributed by atoms with E-state index in [0.717, 1.165) is 12.8 Å². The van der Waals surface area contributed by atoms with Crippen LogP contribution in [0.4, 0.5) is 4.79 Å². The third-order valence-corrected chi connectivity index (χ3v) is 3.84. The Bertz CT molecular complexity index is 329. The van der Waals surface area contributed by atoms with Gasteiger partial charge in [-0.25, -0.2) is 4.79 Å². The molecule has 1 amide bonds. The molecule has 19 heavy (non-hydrogen) atoms. The van der Waals surface area contributed by atoms with Crippen LogP contribution in [0.5, 0.6) is 0 Å². The number of ether oxygens (including phenoxy) is 1. The number of nitrogens with two attached hydrogens (primary N) is 1. The second kappa shape index (κ2) is 5.46. The van der Waals surface area contributed by atoms with Crippen LogP contribution in [0.25, 0.3) is 0 Å². The van der Waals surface area contributed by atoms with E-state index in [9.17, 15) is 9.90 Å². The van der Waals surface area contributed by atoms with Crippen molar-refractivity contribution in [3.8, 4) is 0 Å². The first-order valence-corrected chi connectivity index (χ1v) is 6.68. The summed E-state index contributed by atoms with van der Waals surface area (Å²) in [5.74, 6) is 0. The molecule has 2 fully saturated rings. The number of aliphatic hydroxyl groups is 1. The van der Waals surface area contributed by atoms with Crippen LogP contribution in [0, 0.1) is 0 Å². The van der Waals surface area contributed by atoms with Crippen LogP contribution in [0.15, 0.2) is 0 Å². The van der Waals surface area contributed by atoms with Crippen molar-refractivity contribution in [1.29, 1.82) is 0 Å². The van der Waals surface area contributed by atoms with Gasteiger partial charge in [-0.1, -0.05) is 0 Å². The molecule has 3 N–H and O–H groups in total. The third kappa shape index (κ3) is 3.52. The Morgan fingerprint density at radius 3 is 2.21 bits per heavy atom. The largest absolute Gasteiger partial charge is 0.444 e. The van der Waals surface area contributed by atoms with E-state index < -0.39 is 11.2 Å². The number of hydrogen-bond donors (Lipinski definition) is 2. The number of hydrogen-bond acceptors (Lipinski definition) is 4. The number of nitrogens with zero attached hydrogens (tertiary/aromatic N) is 1. The second-order valence-corrected chi connectivity index (χ2v) is 6.61. The minimum Gasteiger partial charge on any atom is -0.444 e. The van der Waals surface area contributed by atoms with E-state index in [2.05, 4.69) is 0 Å². The molecule has 112 valence electrons. The highest BCUT2D eigenvalue weighted by atomic mass is 35.5. The first-order valence-electron chi connectivity index (χ1n) is 6.68. The van der Waals surface area contributed by atoms with Crippen LogP contribution < -0.4 is 5.73 Å². The fourth-order valence-electron chi connectivity index (χ4n) is 3.10. The summed E-state index contributed by atoms with van der Waals surface area (Å²) in [6.45, 7) is 5.87. The van der Waals surface area contributed by atoms with Gasteiger partial charge in [0.2, 0.25) is 0 Å². The van der Waals surface area contributed by atoms with E-state index >= 15 is 0 Å². The normalized spacial score (nSPS) is 33.8. The molecule has 2 bridgehead atoms. The Morgan fingerprint density at radius 2 is 1.84 bits per heavy atom. The van der Waals surface area contributed by atoms with Crippen molar-refractivity contribution in [3.63, 3.8) is 0 Å². The first-order chi connectivity index (χ1) is 8.24. The fourth-order valence-corrected chi connectivity index (χ4v) is 3.10. The van der Waals surface area contributed by atoms with Crippen molar-refractivity contribution in [2.24, 2.45) is 5.73 Å². The quantitative estimate of drug-likeness (QED) is 0.771. The van der Waals surface area contributed by atoms with E-state index in [4.69, 9.17) is 10.5 Å². The lowest BCUT2D eigenvalue weighted by atomic mass is 9.86. The van der Waals surface area contributed by atoms with Crippen LogP contribution in [0.2, 0.25) is 0 Å². The van der Waals surface area contributed by atoms with Crippen LogP contribution in [-0.2, 0) is 4.74 Å². The van der Waals surface area contributed by atoms with Crippen molar-refractivity contribution in [1.82, 2.24) is 4.90 Å². The van der Waals surface area contributed by atoms with Crippen molar-refractivity contribution in [2.45, 2.75) is 69.7 Å². The lowest BCUT2D eigenvalue weighted by molar-refractivity contribution is -0.0532. The monoisotopic (exact) mass is 292 g/mol. The maximum Gasteiger partial charge on any atom is 0.410 e. The highest BCUT2D eigenvalue weighted by molar-refractivity contribution is 5.85. The van der Waals surface area contributed by atoms with Gasteiger partial charge >= 0.3 is 6.09 Å². The molecule has 6 heteroatoms. The zero-order chi connectivity index (χ0) is 13.6. The van der Waals surface area contributed by atoms with Crippen molar-refractivity contribution >= 4 is 18.5 Å². The topological polar surface area (TPSA) is 75.8 Å². The summed E-state index contributed by atoms with van der Waals surface area (Å²) in [5, 5.41) is 10.3. The van der Waals surface area contributed by atoms with Gasteiger partial charge in [0, 0.05) is 18.6 Å². The van der Waals surface area contributed by atoms with Gasteiger partial charge in [-0.15, -0.1) is 12.4 Å². The molecule has 0 aromatic carbocycles. The van der Waals surface area contributed by atoms with Crippen molar-refractivity contribution < 1.29 is 14.6 Å². The molecular formula is C13H25ClN2O3. The maximum atomic E-state index is 12.2. The first kappa shape index (κ1) is 16.5. The van der Waals surface area contributed by atoms with Crippen LogP contribution in [0.1, 0.15) is 46.5 Å². The Kier molecular flexibility index (Phi) is 4.75. The molecule has 2 heterocycles. The zero-order valence-corrected chi connectivity index (χ0v) is 12.7. The number of carbonyl (C=O) groups is 1. The van der Waals surface area contributed by atoms with Crippen LogP contribution in [-0.4, -0.2) is 45.9 Å². The number of rotatable bonds is 1. The van der Waals surface area contributed by atoms with E-state index in [0.29, 0.717) is 12.8 Å². The predicted octanol–water partition coefficient (Wildman–Crippen LogP) is 1.66. The molecule has 0 radical (unpaired) electrons. The molecule has 3 atom stereocenters. The standard InChI is InChI=1S/C13H24N2O3.ClH/c1-12(2,3)18-11(16)15-9-4-5-10(15)7-13(17,6-9)8-14;/h9-10,17H,4-8,14H2,1-3H3;1H/t9-,10+,13?;. The lowest BCUT2D eigenvalue weighted by Gasteiger charge is -2.43. The summed E-state index contributed by atoms with van der Waals surface area (Å²) < 4.78 is 5.43. The molecule has 0 aromatic rings. The van der Waals surface area contributed by atoms with Gasteiger partial charge in [-0.2, -0.15) is 0 Å². The summed E-state index contributed by atoms with van der Waals surface area (Å²) >= 11 is 0. The van der Waals surface area contributed by atoms with E-state index in [-0.39, 0.29) is 37.1 Å². The molecule has 0 spiro atoms. The fraction of sp³-hybridized carbons (Fsp3) is 0.923. The molecular weight excluding hydrogens is 268 g/mol. The maximum absolute atomic E-state index is 12.2. The Morgan fingerprint density at radius 1 is 1.37 bits per heavy atom. The van der Waals surface area contributed by atoms with Crippen molar-refractivity contribution in [2.75, 3.05) is 6.54 Å². The van der Waals surface area contributed by atoms with Crippen LogP contribution in [0.3, 0.4) is 0 Å². The van der Waals surface area contributed by atoms with E-state index in [1.165, 1.54) is 0 Å². The van der Waals surface area contributed by atoms with E-state index in [1.807, 2.05) is 25.7 Å². The number of fused-ring (bicyclic) bond motifs is 2. The number of halogens is 1. The molecule has 1 unspecified atom stereocenters. The molecule has 0 saturated carbocycles. The summed E-state index contributed by atoms with van der Waals surface area (Å²) in [6, 6.07) is 0.152. The van der Waals surface area contributed by atoms with Gasteiger partial charge in [-0.05, 0) is 46.5 Å². The Labute approximate surface area is 120 Å². The van der Waals surface area contributed by atoms with Gasteiger partial charge in [0.25, 0.3) is 0 Å². The highest BCUT2D eigenvalue weighted by Crippen LogP contribution is 2.41. The molecule has 2 rings (SSSR count). The lowest BCUT2D eigenvalue weighted by Crippen LogP contribution is -2.56. The Hall–Kier alpha value is -0.520. The SMILES string of the molecule is CC(C)(C)OC(=O)N1[C@@H]2CC[C@H]1CC(O)(CN)C2.Cl. The van der Waals surface area contributed by atoms with Gasteiger partial charge < -0.3 is 20.5 Å². The second-order valence-electron chi connectivity index (χ2n) is 6.61. The summed E-state index contributed by atoms with van der Waals surface area (Å²) in [5.41, 5.74) is 4.35. The molecule has 0 aliphatic carbocycles. The van der Waals surface area contributed by atoms with E-state index in [1.54, 1.807) is 0 Å². The Balaban J connectivity index is 0.00000180. The smallest absolute Gasteiger partial charge is 0.410 e. The molecule has 2 aliphatic heterocycles. The number of piperidine rings is 1. The molecule has 0 aromatic heterocycles. The summed E-state index contributed by atoms with van der Waals surface area (Å²) in [6.07, 6.45) is 2.76. The number of amides is 1. The van der Waals surface area contributed by atoms with Gasteiger partial charge in [-0.3, -0.25) is 0 Å².